The molecule has 0 unspecified atom stereocenters. The summed E-state index contributed by atoms with van der Waals surface area (Å²) in [5, 5.41) is 4.79. The Balaban J connectivity index is 1.66. The topological polar surface area (TPSA) is 65.2 Å². The molecule has 2 heterocycles. The maximum atomic E-state index is 12.1. The summed E-state index contributed by atoms with van der Waals surface area (Å²) >= 11 is 1.33. The molecule has 0 aliphatic carbocycles. The van der Waals surface area contributed by atoms with Crippen molar-refractivity contribution in [3.05, 3.63) is 57.2 Å². The van der Waals surface area contributed by atoms with Gasteiger partial charge in [0.1, 0.15) is 17.2 Å². The van der Waals surface area contributed by atoms with Gasteiger partial charge in [-0.3, -0.25) is 0 Å². The van der Waals surface area contributed by atoms with Crippen molar-refractivity contribution in [1.82, 2.24) is 10.1 Å². The molecule has 0 atom stereocenters. The standard InChI is InChI=1S/C17H16N2O3S/c1-10-4-6-13(7-5-10)15-8-14(19-22-15)9-21-17(20)16-11(2)18-12(3)23-16/h4-8H,9H2,1-3H3. The quantitative estimate of drug-likeness (QED) is 0.675. The van der Waals surface area contributed by atoms with Gasteiger partial charge in [0.25, 0.3) is 0 Å². The van der Waals surface area contributed by atoms with E-state index >= 15 is 0 Å². The number of nitrogens with zero attached hydrogens (tertiary/aromatic N) is 2. The van der Waals surface area contributed by atoms with Crippen LogP contribution in [0.1, 0.15) is 31.6 Å². The first kappa shape index (κ1) is 15.4. The van der Waals surface area contributed by atoms with Crippen molar-refractivity contribution in [2.45, 2.75) is 27.4 Å². The van der Waals surface area contributed by atoms with E-state index in [0.717, 1.165) is 10.6 Å². The van der Waals surface area contributed by atoms with Gasteiger partial charge in [0.2, 0.25) is 0 Å². The third-order valence-corrected chi connectivity index (χ3v) is 4.39. The van der Waals surface area contributed by atoms with E-state index in [1.165, 1.54) is 16.9 Å². The van der Waals surface area contributed by atoms with E-state index in [4.69, 9.17) is 9.26 Å². The van der Waals surface area contributed by atoms with E-state index in [9.17, 15) is 4.79 Å². The Morgan fingerprint density at radius 2 is 1.96 bits per heavy atom. The number of ether oxygens (including phenoxy) is 1. The number of carbonyl (C=O) groups is 1. The summed E-state index contributed by atoms with van der Waals surface area (Å²) in [6, 6.07) is 9.73. The van der Waals surface area contributed by atoms with E-state index < -0.39 is 0 Å². The van der Waals surface area contributed by atoms with Gasteiger partial charge in [-0.25, -0.2) is 9.78 Å². The molecular weight excluding hydrogens is 312 g/mol. The molecule has 0 N–H and O–H groups in total. The van der Waals surface area contributed by atoms with Gasteiger partial charge in [-0.2, -0.15) is 0 Å². The molecular formula is C17H16N2O3S. The predicted molar refractivity (Wildman–Crippen MR) is 87.4 cm³/mol. The van der Waals surface area contributed by atoms with Crippen molar-refractivity contribution in [2.24, 2.45) is 0 Å². The van der Waals surface area contributed by atoms with Crippen LogP contribution in [0, 0.1) is 20.8 Å². The molecule has 2 aromatic heterocycles. The number of carbonyl (C=O) groups excluding carboxylic acids is 1. The minimum absolute atomic E-state index is 0.0740. The Hall–Kier alpha value is -2.47. The second-order valence-electron chi connectivity index (χ2n) is 5.27. The smallest absolute Gasteiger partial charge is 0.350 e. The first-order valence-electron chi connectivity index (χ1n) is 7.16. The Morgan fingerprint density at radius 3 is 2.61 bits per heavy atom. The van der Waals surface area contributed by atoms with Gasteiger partial charge in [0, 0.05) is 11.6 Å². The number of benzene rings is 1. The molecule has 0 aliphatic heterocycles. The first-order chi connectivity index (χ1) is 11.0. The zero-order valence-electron chi connectivity index (χ0n) is 13.1. The molecule has 0 bridgehead atoms. The van der Waals surface area contributed by atoms with Gasteiger partial charge in [-0.15, -0.1) is 11.3 Å². The number of aryl methyl sites for hydroxylation is 3. The second-order valence-corrected chi connectivity index (χ2v) is 6.48. The molecule has 118 valence electrons. The molecule has 0 aliphatic rings. The fraction of sp³-hybridized carbons (Fsp3) is 0.235. The van der Waals surface area contributed by atoms with Gasteiger partial charge in [0.05, 0.1) is 10.7 Å². The SMILES string of the molecule is Cc1ccc(-c2cc(COC(=O)c3sc(C)nc3C)no2)cc1. The van der Waals surface area contributed by atoms with Crippen molar-refractivity contribution in [1.29, 1.82) is 0 Å². The normalized spacial score (nSPS) is 10.7. The second kappa shape index (κ2) is 6.34. The number of rotatable bonds is 4. The largest absolute Gasteiger partial charge is 0.455 e. The summed E-state index contributed by atoms with van der Waals surface area (Å²) in [7, 11) is 0. The van der Waals surface area contributed by atoms with Gasteiger partial charge in [-0.1, -0.05) is 35.0 Å². The van der Waals surface area contributed by atoms with Crippen molar-refractivity contribution >= 4 is 17.3 Å². The molecule has 0 saturated carbocycles. The molecule has 3 aromatic rings. The maximum Gasteiger partial charge on any atom is 0.350 e. The van der Waals surface area contributed by atoms with Crippen LogP contribution in [0.25, 0.3) is 11.3 Å². The Labute approximate surface area is 137 Å². The van der Waals surface area contributed by atoms with Crippen LogP contribution in [0.5, 0.6) is 0 Å². The zero-order chi connectivity index (χ0) is 16.4. The van der Waals surface area contributed by atoms with E-state index in [-0.39, 0.29) is 12.6 Å². The van der Waals surface area contributed by atoms with E-state index in [1.807, 2.05) is 38.1 Å². The average molecular weight is 328 g/mol. The number of hydrogen-bond donors (Lipinski definition) is 0. The molecule has 1 aromatic carbocycles. The van der Waals surface area contributed by atoms with Crippen LogP contribution in [0.2, 0.25) is 0 Å². The number of esters is 1. The molecule has 0 spiro atoms. The van der Waals surface area contributed by atoms with Crippen molar-refractivity contribution < 1.29 is 14.1 Å². The maximum absolute atomic E-state index is 12.1. The van der Waals surface area contributed by atoms with E-state index in [1.54, 1.807) is 13.0 Å². The van der Waals surface area contributed by atoms with Crippen LogP contribution in [-0.4, -0.2) is 16.1 Å². The summed E-state index contributed by atoms with van der Waals surface area (Å²) in [6.45, 7) is 5.76. The molecule has 3 rings (SSSR count). The molecule has 5 nitrogen and oxygen atoms in total. The Morgan fingerprint density at radius 1 is 1.22 bits per heavy atom. The third kappa shape index (κ3) is 3.48. The van der Waals surface area contributed by atoms with Crippen LogP contribution in [0.4, 0.5) is 0 Å². The van der Waals surface area contributed by atoms with Crippen molar-refractivity contribution in [3.63, 3.8) is 0 Å². The van der Waals surface area contributed by atoms with Crippen LogP contribution in [-0.2, 0) is 11.3 Å². The fourth-order valence-corrected chi connectivity index (χ4v) is 2.97. The summed E-state index contributed by atoms with van der Waals surface area (Å²) in [5.41, 5.74) is 3.39. The lowest BCUT2D eigenvalue weighted by Gasteiger charge is -2.00. The zero-order valence-corrected chi connectivity index (χ0v) is 13.9. The molecule has 23 heavy (non-hydrogen) atoms. The Kier molecular flexibility index (Phi) is 4.25. The molecule has 6 heteroatoms. The molecule has 0 amide bonds. The lowest BCUT2D eigenvalue weighted by Crippen LogP contribution is -2.05. The van der Waals surface area contributed by atoms with Gasteiger partial charge >= 0.3 is 5.97 Å². The van der Waals surface area contributed by atoms with Crippen LogP contribution < -0.4 is 0 Å². The predicted octanol–water partition coefficient (Wildman–Crippen LogP) is 4.08. The molecule has 0 radical (unpaired) electrons. The highest BCUT2D eigenvalue weighted by molar-refractivity contribution is 7.13. The third-order valence-electron chi connectivity index (χ3n) is 3.34. The van der Waals surface area contributed by atoms with Crippen molar-refractivity contribution in [3.8, 4) is 11.3 Å². The fourth-order valence-electron chi connectivity index (χ4n) is 2.16. The summed E-state index contributed by atoms with van der Waals surface area (Å²) in [4.78, 5) is 16.8. The van der Waals surface area contributed by atoms with E-state index in [0.29, 0.717) is 22.0 Å². The molecule has 0 saturated heterocycles. The summed E-state index contributed by atoms with van der Waals surface area (Å²) < 4.78 is 10.6. The average Bonchev–Trinajstić information content (AvgIpc) is 3.12. The number of thiazole rings is 1. The first-order valence-corrected chi connectivity index (χ1v) is 7.98. The number of hydrogen-bond acceptors (Lipinski definition) is 6. The van der Waals surface area contributed by atoms with Gasteiger partial charge in [0.15, 0.2) is 5.76 Å². The summed E-state index contributed by atoms with van der Waals surface area (Å²) in [5.74, 6) is 0.272. The van der Waals surface area contributed by atoms with Crippen molar-refractivity contribution in [2.75, 3.05) is 0 Å². The number of aromatic nitrogens is 2. The minimum Gasteiger partial charge on any atom is -0.455 e. The monoisotopic (exact) mass is 328 g/mol. The highest BCUT2D eigenvalue weighted by atomic mass is 32.1. The highest BCUT2D eigenvalue weighted by Gasteiger charge is 2.16. The van der Waals surface area contributed by atoms with Crippen LogP contribution in [0.3, 0.4) is 0 Å². The highest BCUT2D eigenvalue weighted by Crippen LogP contribution is 2.22. The Bertz CT molecular complexity index is 834. The van der Waals surface area contributed by atoms with Crippen LogP contribution >= 0.6 is 11.3 Å². The van der Waals surface area contributed by atoms with Gasteiger partial charge < -0.3 is 9.26 Å². The lowest BCUT2D eigenvalue weighted by molar-refractivity contribution is 0.0469. The lowest BCUT2D eigenvalue weighted by atomic mass is 10.1. The minimum atomic E-state index is -0.381. The van der Waals surface area contributed by atoms with Crippen LogP contribution in [0.15, 0.2) is 34.9 Å². The van der Waals surface area contributed by atoms with Gasteiger partial charge in [-0.05, 0) is 20.8 Å². The molecule has 0 fully saturated rings. The summed E-state index contributed by atoms with van der Waals surface area (Å²) in [6.07, 6.45) is 0. The van der Waals surface area contributed by atoms with E-state index in [2.05, 4.69) is 10.1 Å².